The van der Waals surface area contributed by atoms with E-state index in [4.69, 9.17) is 18.9 Å². The van der Waals surface area contributed by atoms with E-state index in [1.165, 1.54) is 4.68 Å². The molecule has 1 atom stereocenters. The summed E-state index contributed by atoms with van der Waals surface area (Å²) in [6, 6.07) is 25.0. The first-order chi connectivity index (χ1) is 23.2. The molecule has 2 aromatic heterocycles. The fourth-order valence-corrected chi connectivity index (χ4v) is 5.16. The number of hydrogen-bond acceptors (Lipinski definition) is 8. The van der Waals surface area contributed by atoms with Gasteiger partial charge in [0.05, 0.1) is 23.4 Å². The molecule has 49 heavy (non-hydrogen) atoms. The van der Waals surface area contributed by atoms with Crippen LogP contribution in [0.3, 0.4) is 0 Å². The van der Waals surface area contributed by atoms with Crippen LogP contribution in [0.25, 0.3) is 22.0 Å². The van der Waals surface area contributed by atoms with Gasteiger partial charge in [-0.25, -0.2) is 9.59 Å². The van der Waals surface area contributed by atoms with Crippen molar-refractivity contribution in [2.75, 3.05) is 6.61 Å². The molecule has 0 aliphatic rings. The molecular formula is C39H44N4O6. The number of aromatic nitrogens is 3. The van der Waals surface area contributed by atoms with Crippen molar-refractivity contribution in [3.8, 4) is 22.6 Å². The zero-order valence-electron chi connectivity index (χ0n) is 29.2. The molecule has 0 unspecified atom stereocenters. The highest BCUT2D eigenvalue weighted by Gasteiger charge is 2.23. The number of aryl methyl sites for hydroxylation is 1. The zero-order chi connectivity index (χ0) is 35.2. The summed E-state index contributed by atoms with van der Waals surface area (Å²) in [6.07, 6.45) is 2.80. The summed E-state index contributed by atoms with van der Waals surface area (Å²) in [4.78, 5) is 30.0. The highest BCUT2D eigenvalue weighted by Crippen LogP contribution is 2.29. The van der Waals surface area contributed by atoms with Crippen LogP contribution in [0.15, 0.2) is 91.3 Å². The average molecular weight is 665 g/mol. The lowest BCUT2D eigenvalue weighted by atomic mass is 10.0. The molecule has 0 fully saturated rings. The number of alkyl carbamates (subject to hydrolysis) is 1. The Balaban J connectivity index is 1.31. The van der Waals surface area contributed by atoms with Crippen molar-refractivity contribution < 1.29 is 28.5 Å². The predicted octanol–water partition coefficient (Wildman–Crippen LogP) is 8.28. The minimum atomic E-state index is -0.651. The fourth-order valence-electron chi connectivity index (χ4n) is 5.16. The van der Waals surface area contributed by atoms with Crippen LogP contribution in [0.1, 0.15) is 58.4 Å². The van der Waals surface area contributed by atoms with Crippen LogP contribution in [0.5, 0.6) is 11.5 Å². The summed E-state index contributed by atoms with van der Waals surface area (Å²) in [5.41, 5.74) is 3.82. The van der Waals surface area contributed by atoms with E-state index >= 15 is 0 Å². The van der Waals surface area contributed by atoms with Crippen molar-refractivity contribution in [2.24, 2.45) is 0 Å². The average Bonchev–Trinajstić information content (AvgIpc) is 3.37. The van der Waals surface area contributed by atoms with Gasteiger partial charge in [-0.05, 0) is 102 Å². The molecule has 256 valence electrons. The Labute approximate surface area is 287 Å². The van der Waals surface area contributed by atoms with Crippen molar-refractivity contribution in [3.63, 3.8) is 0 Å². The number of nitrogens with zero attached hydrogens (tertiary/aromatic N) is 3. The van der Waals surface area contributed by atoms with Crippen molar-refractivity contribution in [3.05, 3.63) is 108 Å². The first-order valence-corrected chi connectivity index (χ1v) is 16.3. The van der Waals surface area contributed by atoms with Crippen molar-refractivity contribution in [1.82, 2.24) is 20.1 Å². The first-order valence-electron chi connectivity index (χ1n) is 16.3. The number of fused-ring (bicyclic) bond motifs is 1. The van der Waals surface area contributed by atoms with E-state index in [-0.39, 0.29) is 6.61 Å². The molecule has 0 radical (unpaired) electrons. The molecule has 0 saturated heterocycles. The largest absolute Gasteiger partial charge is 0.490 e. The molecule has 10 nitrogen and oxygen atoms in total. The van der Waals surface area contributed by atoms with E-state index < -0.39 is 29.4 Å². The molecule has 0 saturated carbocycles. The summed E-state index contributed by atoms with van der Waals surface area (Å²) in [5.74, 6) is 1.27. The maximum atomic E-state index is 12.8. The van der Waals surface area contributed by atoms with Crippen LogP contribution < -0.4 is 14.8 Å². The maximum absolute atomic E-state index is 12.8. The van der Waals surface area contributed by atoms with E-state index in [2.05, 4.69) is 15.4 Å². The second-order valence-electron chi connectivity index (χ2n) is 13.9. The van der Waals surface area contributed by atoms with E-state index in [9.17, 15) is 9.59 Å². The van der Waals surface area contributed by atoms with Gasteiger partial charge in [0.25, 0.3) is 0 Å². The standard InChI is InChI=1S/C39H44N4O6/c1-26-34-21-29(16-17-35(34)43(42-26)37(45)49-39(5,6)7)30-20-33(23-40-22-30)47-25-31(41-36(44)48-38(2,3)4)18-28-14-11-15-32(19-28)46-24-27-12-9-8-10-13-27/h8-17,19-23,31H,18,24-25H2,1-7H3,(H,41,44)/t31-/m0/s1. The third kappa shape index (κ3) is 10.1. The van der Waals surface area contributed by atoms with Crippen LogP contribution in [0.4, 0.5) is 9.59 Å². The summed E-state index contributed by atoms with van der Waals surface area (Å²) in [5, 5.41) is 8.23. The van der Waals surface area contributed by atoms with Crippen LogP contribution in [-0.2, 0) is 22.5 Å². The van der Waals surface area contributed by atoms with Gasteiger partial charge in [0.15, 0.2) is 0 Å². The normalized spacial score (nSPS) is 12.3. The van der Waals surface area contributed by atoms with Gasteiger partial charge in [0.2, 0.25) is 0 Å². The molecule has 0 aliphatic heterocycles. The number of pyridine rings is 1. The highest BCUT2D eigenvalue weighted by atomic mass is 16.6. The molecule has 0 aliphatic carbocycles. The Morgan fingerprint density at radius 3 is 2.24 bits per heavy atom. The summed E-state index contributed by atoms with van der Waals surface area (Å²) in [6.45, 7) is 13.4. The number of carbonyl (C=O) groups is 2. The van der Waals surface area contributed by atoms with Gasteiger partial charge >= 0.3 is 12.2 Å². The van der Waals surface area contributed by atoms with E-state index in [0.717, 1.165) is 33.4 Å². The quantitative estimate of drug-likeness (QED) is 0.159. The Hall–Kier alpha value is -5.38. The van der Waals surface area contributed by atoms with Crippen LogP contribution in [0, 0.1) is 6.92 Å². The summed E-state index contributed by atoms with van der Waals surface area (Å²) >= 11 is 0. The lowest BCUT2D eigenvalue weighted by Gasteiger charge is -2.24. The number of nitrogens with one attached hydrogen (secondary N) is 1. The zero-order valence-corrected chi connectivity index (χ0v) is 29.2. The second-order valence-corrected chi connectivity index (χ2v) is 13.9. The number of ether oxygens (including phenoxy) is 4. The third-order valence-corrected chi connectivity index (χ3v) is 7.28. The Kier molecular flexibility index (Phi) is 10.6. The molecule has 0 bridgehead atoms. The van der Waals surface area contributed by atoms with Crippen LogP contribution in [0.2, 0.25) is 0 Å². The minimum absolute atomic E-state index is 0.167. The molecule has 5 rings (SSSR count). The van der Waals surface area contributed by atoms with Crippen molar-refractivity contribution in [1.29, 1.82) is 0 Å². The molecule has 3 aromatic carbocycles. The lowest BCUT2D eigenvalue weighted by molar-refractivity contribution is 0.0484. The van der Waals surface area contributed by atoms with Gasteiger partial charge in [-0.3, -0.25) is 4.98 Å². The Morgan fingerprint density at radius 1 is 0.776 bits per heavy atom. The van der Waals surface area contributed by atoms with E-state index in [1.54, 1.807) is 12.4 Å². The highest BCUT2D eigenvalue weighted by molar-refractivity contribution is 5.92. The van der Waals surface area contributed by atoms with Gasteiger partial charge in [-0.2, -0.15) is 9.78 Å². The third-order valence-electron chi connectivity index (χ3n) is 7.28. The molecule has 2 heterocycles. The monoisotopic (exact) mass is 664 g/mol. The SMILES string of the molecule is Cc1nn(C(=O)OC(C)(C)C)c2ccc(-c3cncc(OC[C@H](Cc4cccc(OCc5ccccc5)c4)NC(=O)OC(C)(C)C)c3)cc12. The molecule has 1 amide bonds. The maximum Gasteiger partial charge on any atom is 0.435 e. The van der Waals surface area contributed by atoms with Gasteiger partial charge in [-0.15, -0.1) is 0 Å². The van der Waals surface area contributed by atoms with E-state index in [0.29, 0.717) is 30.0 Å². The Morgan fingerprint density at radius 2 is 1.51 bits per heavy atom. The number of hydrogen-bond donors (Lipinski definition) is 1. The summed E-state index contributed by atoms with van der Waals surface area (Å²) < 4.78 is 24.6. The van der Waals surface area contributed by atoms with Crippen molar-refractivity contribution >= 4 is 23.1 Å². The van der Waals surface area contributed by atoms with E-state index in [1.807, 2.05) is 127 Å². The van der Waals surface area contributed by atoms with Gasteiger partial charge in [0.1, 0.15) is 35.9 Å². The number of benzene rings is 3. The topological polar surface area (TPSA) is 114 Å². The lowest BCUT2D eigenvalue weighted by Crippen LogP contribution is -2.43. The van der Waals surface area contributed by atoms with Crippen molar-refractivity contribution in [2.45, 2.75) is 78.7 Å². The fraction of sp³-hybridized carbons (Fsp3) is 0.333. The smallest absolute Gasteiger partial charge is 0.435 e. The molecule has 0 spiro atoms. The second kappa shape index (κ2) is 14.8. The van der Waals surface area contributed by atoms with Gasteiger partial charge < -0.3 is 24.3 Å². The minimum Gasteiger partial charge on any atom is -0.490 e. The molecule has 10 heteroatoms. The Bertz CT molecular complexity index is 1910. The molecular weight excluding hydrogens is 620 g/mol. The summed E-state index contributed by atoms with van der Waals surface area (Å²) in [7, 11) is 0. The van der Waals surface area contributed by atoms with Crippen LogP contribution in [-0.4, -0.2) is 50.8 Å². The number of amides is 1. The number of carbonyl (C=O) groups excluding carboxylic acids is 2. The van der Waals surface area contributed by atoms with Gasteiger partial charge in [0, 0.05) is 17.1 Å². The molecule has 5 aromatic rings. The molecule has 1 N–H and O–H groups in total. The number of rotatable bonds is 10. The van der Waals surface area contributed by atoms with Gasteiger partial charge in [-0.1, -0.05) is 48.5 Å². The first kappa shape index (κ1) is 34.9. The van der Waals surface area contributed by atoms with Crippen LogP contribution >= 0.6 is 0 Å². The predicted molar refractivity (Wildman–Crippen MR) is 189 cm³/mol.